The monoisotopic (exact) mass is 304 g/mol. The van der Waals surface area contributed by atoms with E-state index in [1.165, 1.54) is 12.1 Å². The Morgan fingerprint density at radius 1 is 1.41 bits per heavy atom. The number of halogens is 1. The third kappa shape index (κ3) is 2.21. The van der Waals surface area contributed by atoms with Gasteiger partial charge in [-0.2, -0.15) is 4.98 Å². The number of piperidine rings is 3. The molecule has 0 spiro atoms. The fourth-order valence-electron chi connectivity index (χ4n) is 3.56. The van der Waals surface area contributed by atoms with Crippen molar-refractivity contribution in [2.24, 2.45) is 5.92 Å². The van der Waals surface area contributed by atoms with Crippen LogP contribution in [-0.4, -0.2) is 41.5 Å². The number of carbonyl (C=O) groups excluding carboxylic acids is 1. The van der Waals surface area contributed by atoms with Gasteiger partial charge in [-0.1, -0.05) is 0 Å². The second kappa shape index (κ2) is 4.95. The number of oxazole rings is 1. The number of nitrogen functional groups attached to an aromatic ring is 1. The van der Waals surface area contributed by atoms with E-state index in [1.54, 1.807) is 0 Å². The minimum atomic E-state index is -0.539. The molecular weight excluding hydrogens is 287 g/mol. The number of amides is 1. The number of hydrogen-bond acceptors (Lipinski definition) is 5. The Morgan fingerprint density at radius 2 is 2.18 bits per heavy atom. The minimum absolute atomic E-state index is 0.0718. The van der Waals surface area contributed by atoms with Crippen molar-refractivity contribution in [3.8, 4) is 0 Å². The quantitative estimate of drug-likeness (QED) is 0.875. The van der Waals surface area contributed by atoms with Crippen molar-refractivity contribution in [1.29, 1.82) is 0 Å². The second-order valence-corrected chi connectivity index (χ2v) is 6.07. The molecule has 3 saturated heterocycles. The largest absolute Gasteiger partial charge is 0.424 e. The zero-order valence-corrected chi connectivity index (χ0v) is 12.0. The van der Waals surface area contributed by atoms with Gasteiger partial charge in [-0.15, -0.1) is 0 Å². The van der Waals surface area contributed by atoms with Crippen LogP contribution in [-0.2, 0) is 0 Å². The van der Waals surface area contributed by atoms with Crippen LogP contribution >= 0.6 is 0 Å². The first-order chi connectivity index (χ1) is 10.6. The Kier molecular flexibility index (Phi) is 3.04. The van der Waals surface area contributed by atoms with Gasteiger partial charge < -0.3 is 20.4 Å². The SMILES string of the molecule is Nc1nc2c(C(=O)N[C@@H]3CN4CCC3CC4)cc(F)cc2o1. The molecule has 5 rings (SSSR count). The van der Waals surface area contributed by atoms with Gasteiger partial charge >= 0.3 is 0 Å². The number of anilines is 1. The number of aromatic nitrogens is 1. The van der Waals surface area contributed by atoms with E-state index < -0.39 is 5.82 Å². The minimum Gasteiger partial charge on any atom is -0.424 e. The van der Waals surface area contributed by atoms with Crippen LogP contribution in [0.3, 0.4) is 0 Å². The molecule has 0 aliphatic carbocycles. The number of nitrogens with one attached hydrogen (secondary N) is 1. The van der Waals surface area contributed by atoms with Crippen LogP contribution in [0.15, 0.2) is 16.5 Å². The summed E-state index contributed by atoms with van der Waals surface area (Å²) in [6.07, 6.45) is 2.20. The molecule has 116 valence electrons. The summed E-state index contributed by atoms with van der Waals surface area (Å²) in [7, 11) is 0. The molecule has 1 aromatic heterocycles. The summed E-state index contributed by atoms with van der Waals surface area (Å²) in [5.74, 6) is -0.361. The molecule has 4 heterocycles. The van der Waals surface area contributed by atoms with Crippen LogP contribution in [0.1, 0.15) is 23.2 Å². The van der Waals surface area contributed by atoms with Gasteiger partial charge in [-0.25, -0.2) is 4.39 Å². The number of carbonyl (C=O) groups is 1. The number of nitrogens with two attached hydrogens (primary N) is 1. The lowest BCUT2D eigenvalue weighted by Crippen LogP contribution is -2.57. The van der Waals surface area contributed by atoms with E-state index in [9.17, 15) is 9.18 Å². The van der Waals surface area contributed by atoms with Crippen LogP contribution in [0.2, 0.25) is 0 Å². The molecule has 22 heavy (non-hydrogen) atoms. The third-order valence-corrected chi connectivity index (χ3v) is 4.69. The highest BCUT2D eigenvalue weighted by atomic mass is 19.1. The highest BCUT2D eigenvalue weighted by Gasteiger charge is 2.35. The van der Waals surface area contributed by atoms with Crippen molar-refractivity contribution < 1.29 is 13.6 Å². The molecule has 6 nitrogen and oxygen atoms in total. The highest BCUT2D eigenvalue weighted by Crippen LogP contribution is 2.28. The summed E-state index contributed by atoms with van der Waals surface area (Å²) < 4.78 is 18.8. The molecule has 2 bridgehead atoms. The van der Waals surface area contributed by atoms with Gasteiger partial charge in [0.05, 0.1) is 5.56 Å². The molecule has 0 saturated carbocycles. The predicted molar refractivity (Wildman–Crippen MR) is 78.8 cm³/mol. The molecule has 3 N–H and O–H groups in total. The molecule has 1 aromatic carbocycles. The van der Waals surface area contributed by atoms with Crippen molar-refractivity contribution in [2.45, 2.75) is 18.9 Å². The average Bonchev–Trinajstić information content (AvgIpc) is 2.87. The summed E-state index contributed by atoms with van der Waals surface area (Å²) in [5.41, 5.74) is 6.17. The fourth-order valence-corrected chi connectivity index (χ4v) is 3.56. The third-order valence-electron chi connectivity index (χ3n) is 4.69. The van der Waals surface area contributed by atoms with E-state index in [0.717, 1.165) is 32.5 Å². The summed E-state index contributed by atoms with van der Waals surface area (Å²) in [6.45, 7) is 3.05. The second-order valence-electron chi connectivity index (χ2n) is 6.07. The summed E-state index contributed by atoms with van der Waals surface area (Å²) in [6, 6.07) is 2.40. The maximum Gasteiger partial charge on any atom is 0.293 e. The number of rotatable bonds is 2. The van der Waals surface area contributed by atoms with Crippen molar-refractivity contribution in [2.75, 3.05) is 25.4 Å². The summed E-state index contributed by atoms with van der Waals surface area (Å²) in [4.78, 5) is 18.9. The smallest absolute Gasteiger partial charge is 0.293 e. The Bertz CT molecular complexity index is 736. The van der Waals surface area contributed by atoms with E-state index in [4.69, 9.17) is 10.2 Å². The number of benzene rings is 1. The molecule has 0 unspecified atom stereocenters. The molecule has 7 heteroatoms. The molecule has 1 amide bonds. The zero-order valence-electron chi connectivity index (χ0n) is 12.0. The van der Waals surface area contributed by atoms with Crippen LogP contribution in [0, 0.1) is 11.7 Å². The van der Waals surface area contributed by atoms with E-state index in [0.29, 0.717) is 11.4 Å². The van der Waals surface area contributed by atoms with Crippen LogP contribution < -0.4 is 11.1 Å². The van der Waals surface area contributed by atoms with Crippen LogP contribution in [0.4, 0.5) is 10.4 Å². The van der Waals surface area contributed by atoms with Crippen molar-refractivity contribution in [1.82, 2.24) is 15.2 Å². The Labute approximate surface area is 126 Å². The normalized spacial score (nSPS) is 27.2. The molecule has 3 fully saturated rings. The van der Waals surface area contributed by atoms with E-state index in [-0.39, 0.29) is 29.1 Å². The standard InChI is InChI=1S/C15H17FN4O2/c16-9-5-10(13-12(6-9)22-15(17)19-13)14(21)18-11-7-20-3-1-8(11)2-4-20/h5-6,8,11H,1-4,7H2,(H2,17,19)(H,18,21)/t11-/m1/s1. The van der Waals surface area contributed by atoms with E-state index >= 15 is 0 Å². The van der Waals surface area contributed by atoms with Gasteiger partial charge in [-0.05, 0) is 37.9 Å². The first kappa shape index (κ1) is 13.5. The van der Waals surface area contributed by atoms with Gasteiger partial charge in [0.25, 0.3) is 11.9 Å². The maximum atomic E-state index is 13.7. The summed E-state index contributed by atoms with van der Waals surface area (Å²) in [5, 5.41) is 3.03. The molecular formula is C15H17FN4O2. The lowest BCUT2D eigenvalue weighted by Gasteiger charge is -2.44. The number of nitrogens with zero attached hydrogens (tertiary/aromatic N) is 2. The number of fused-ring (bicyclic) bond motifs is 4. The molecule has 1 atom stereocenters. The fraction of sp³-hybridized carbons (Fsp3) is 0.467. The zero-order chi connectivity index (χ0) is 15.3. The first-order valence-electron chi connectivity index (χ1n) is 7.49. The van der Waals surface area contributed by atoms with Crippen LogP contribution in [0.25, 0.3) is 11.1 Å². The predicted octanol–water partition coefficient (Wildman–Crippen LogP) is 1.37. The van der Waals surface area contributed by atoms with Gasteiger partial charge in [0.15, 0.2) is 5.58 Å². The summed E-state index contributed by atoms with van der Waals surface area (Å²) >= 11 is 0. The molecule has 2 aromatic rings. The topological polar surface area (TPSA) is 84.4 Å². The van der Waals surface area contributed by atoms with Gasteiger partial charge in [0.2, 0.25) is 0 Å². The van der Waals surface area contributed by atoms with Gasteiger partial charge in [0.1, 0.15) is 11.3 Å². The first-order valence-corrected chi connectivity index (χ1v) is 7.49. The van der Waals surface area contributed by atoms with Gasteiger partial charge in [-0.3, -0.25) is 4.79 Å². The van der Waals surface area contributed by atoms with E-state index in [1.807, 2.05) is 0 Å². The Balaban J connectivity index is 1.62. The lowest BCUT2D eigenvalue weighted by atomic mass is 9.84. The van der Waals surface area contributed by atoms with Crippen molar-refractivity contribution in [3.05, 3.63) is 23.5 Å². The van der Waals surface area contributed by atoms with Crippen molar-refractivity contribution >= 4 is 23.0 Å². The highest BCUT2D eigenvalue weighted by molar-refractivity contribution is 6.04. The van der Waals surface area contributed by atoms with Gasteiger partial charge in [0, 0.05) is 18.7 Å². The maximum absolute atomic E-state index is 13.7. The average molecular weight is 304 g/mol. The Hall–Kier alpha value is -2.15. The lowest BCUT2D eigenvalue weighted by molar-refractivity contribution is 0.0621. The van der Waals surface area contributed by atoms with Crippen molar-refractivity contribution in [3.63, 3.8) is 0 Å². The van der Waals surface area contributed by atoms with E-state index in [2.05, 4.69) is 15.2 Å². The van der Waals surface area contributed by atoms with Crippen LogP contribution in [0.5, 0.6) is 0 Å². The molecule has 0 radical (unpaired) electrons. The number of hydrogen-bond donors (Lipinski definition) is 2. The molecule has 3 aliphatic heterocycles. The Morgan fingerprint density at radius 3 is 2.86 bits per heavy atom. The molecule has 3 aliphatic rings.